The molecule has 0 aliphatic carbocycles. The van der Waals surface area contributed by atoms with E-state index >= 15 is 0 Å². The van der Waals surface area contributed by atoms with Crippen molar-refractivity contribution in [2.75, 3.05) is 13.2 Å². The van der Waals surface area contributed by atoms with Crippen molar-refractivity contribution < 1.29 is 28.6 Å². The van der Waals surface area contributed by atoms with Gasteiger partial charge in [0, 0.05) is 19.3 Å². The van der Waals surface area contributed by atoms with E-state index in [0.717, 1.165) is 122 Å². The smallest absolute Gasteiger partial charge is 0.306 e. The Morgan fingerprint density at radius 1 is 0.280 bits per heavy atom. The predicted molar refractivity (Wildman–Crippen MR) is 325 cm³/mol. The van der Waals surface area contributed by atoms with E-state index in [0.29, 0.717) is 19.3 Å². The van der Waals surface area contributed by atoms with E-state index in [1.807, 2.05) is 0 Å². The van der Waals surface area contributed by atoms with Gasteiger partial charge in [-0.15, -0.1) is 0 Å². The lowest BCUT2D eigenvalue weighted by Gasteiger charge is -2.18. The summed E-state index contributed by atoms with van der Waals surface area (Å²) in [6.07, 6.45) is 85.3. The Bertz CT molecular complexity index is 1520. The summed E-state index contributed by atoms with van der Waals surface area (Å²) in [5.41, 5.74) is 0. The number of allylic oxidation sites excluding steroid dienone is 18. The Kier molecular flexibility index (Phi) is 59.3. The molecule has 0 heterocycles. The van der Waals surface area contributed by atoms with Crippen molar-refractivity contribution in [1.82, 2.24) is 0 Å². The monoisotopic (exact) mass is 1040 g/mol. The van der Waals surface area contributed by atoms with Gasteiger partial charge in [0.05, 0.1) is 0 Å². The highest BCUT2D eigenvalue weighted by Crippen LogP contribution is 2.16. The average molecular weight is 1040 g/mol. The first-order valence-electron chi connectivity index (χ1n) is 31.4. The first-order valence-corrected chi connectivity index (χ1v) is 31.4. The Balaban J connectivity index is 4.38. The molecule has 6 heteroatoms. The molecule has 0 N–H and O–H groups in total. The van der Waals surface area contributed by atoms with Gasteiger partial charge < -0.3 is 14.2 Å². The molecule has 0 aromatic rings. The lowest BCUT2D eigenvalue weighted by molar-refractivity contribution is -0.167. The van der Waals surface area contributed by atoms with E-state index in [4.69, 9.17) is 14.2 Å². The highest BCUT2D eigenvalue weighted by Gasteiger charge is 2.19. The van der Waals surface area contributed by atoms with Crippen LogP contribution < -0.4 is 0 Å². The molecule has 428 valence electrons. The molecule has 0 saturated heterocycles. The van der Waals surface area contributed by atoms with E-state index in [-0.39, 0.29) is 31.1 Å². The zero-order valence-electron chi connectivity index (χ0n) is 49.0. The Morgan fingerprint density at radius 3 is 0.893 bits per heavy atom. The van der Waals surface area contributed by atoms with Crippen LogP contribution in [0.15, 0.2) is 109 Å². The zero-order valence-corrected chi connectivity index (χ0v) is 49.0. The number of hydrogen-bond donors (Lipinski definition) is 0. The fourth-order valence-corrected chi connectivity index (χ4v) is 8.56. The molecule has 0 radical (unpaired) electrons. The van der Waals surface area contributed by atoms with Crippen LogP contribution in [0.2, 0.25) is 0 Å². The molecular formula is C69H116O6. The largest absolute Gasteiger partial charge is 0.462 e. The van der Waals surface area contributed by atoms with Gasteiger partial charge in [-0.25, -0.2) is 0 Å². The van der Waals surface area contributed by atoms with Gasteiger partial charge in [0.25, 0.3) is 0 Å². The zero-order chi connectivity index (χ0) is 54.3. The second kappa shape index (κ2) is 62.6. The summed E-state index contributed by atoms with van der Waals surface area (Å²) in [6.45, 7) is 6.46. The Labute approximate surface area is 463 Å². The third kappa shape index (κ3) is 60.8. The molecule has 1 atom stereocenters. The van der Waals surface area contributed by atoms with Gasteiger partial charge in [-0.05, 0) is 103 Å². The average Bonchev–Trinajstić information content (AvgIpc) is 3.41. The lowest BCUT2D eigenvalue weighted by atomic mass is 10.0. The topological polar surface area (TPSA) is 78.9 Å². The van der Waals surface area contributed by atoms with Gasteiger partial charge in [0.1, 0.15) is 13.2 Å². The highest BCUT2D eigenvalue weighted by atomic mass is 16.6. The van der Waals surface area contributed by atoms with Crippen LogP contribution in [0.5, 0.6) is 0 Å². The molecule has 6 nitrogen and oxygen atoms in total. The van der Waals surface area contributed by atoms with Crippen LogP contribution in [0.3, 0.4) is 0 Å². The number of hydrogen-bond acceptors (Lipinski definition) is 6. The third-order valence-corrected chi connectivity index (χ3v) is 13.3. The van der Waals surface area contributed by atoms with Gasteiger partial charge in [0.2, 0.25) is 0 Å². The van der Waals surface area contributed by atoms with Crippen molar-refractivity contribution in [2.45, 2.75) is 297 Å². The molecule has 0 aliphatic heterocycles. The first-order chi connectivity index (χ1) is 37.0. The lowest BCUT2D eigenvalue weighted by Crippen LogP contribution is -2.30. The summed E-state index contributed by atoms with van der Waals surface area (Å²) in [4.78, 5) is 38.2. The van der Waals surface area contributed by atoms with E-state index in [1.165, 1.54) is 128 Å². The summed E-state index contributed by atoms with van der Waals surface area (Å²) in [7, 11) is 0. The SMILES string of the molecule is CC/C=C\C/C=C\C/C=C\C/C=C\C/C=C\C/C=C\C/C=C\C/C=C\CCCCC(=O)OCC(COC(=O)CCCCCCC/C=C\CCCC)OC(=O)CCCCCCCCCCCCCCCCCCCCC. The molecule has 0 aromatic heterocycles. The van der Waals surface area contributed by atoms with E-state index < -0.39 is 6.10 Å². The van der Waals surface area contributed by atoms with Crippen LogP contribution in [0.4, 0.5) is 0 Å². The van der Waals surface area contributed by atoms with Crippen LogP contribution >= 0.6 is 0 Å². The standard InChI is InChI=1S/C69H116O6/c1-4-7-10-13-16-19-22-24-26-28-30-31-32-33-34-35-36-37-39-40-42-44-47-50-53-56-59-62-68(71)74-65-66(64-73-67(70)61-58-55-52-49-46-21-18-15-12-9-6-3)75-69(72)63-60-57-54-51-48-45-43-41-38-29-27-25-23-20-17-14-11-8-5-2/h7,10,15-16,18-19,24,26,30-31,33-34,36-37,40,42,47,50,66H,4-6,8-9,11-14,17,20-23,25,27-29,32,35,38-39,41,43-46,48-49,51-65H2,1-3H3/b10-7-,18-15-,19-16-,26-24-,31-30-,34-33-,37-36-,42-40-,50-47-. The molecule has 1 unspecified atom stereocenters. The Hall–Kier alpha value is -3.93. The molecule has 75 heavy (non-hydrogen) atoms. The maximum Gasteiger partial charge on any atom is 0.306 e. The minimum absolute atomic E-state index is 0.0952. The van der Waals surface area contributed by atoms with Crippen LogP contribution in [0.1, 0.15) is 290 Å². The fraction of sp³-hybridized carbons (Fsp3) is 0.696. The summed E-state index contributed by atoms with van der Waals surface area (Å²) in [5.74, 6) is -0.943. The summed E-state index contributed by atoms with van der Waals surface area (Å²) in [6, 6.07) is 0. The predicted octanol–water partition coefficient (Wildman–Crippen LogP) is 21.4. The van der Waals surface area contributed by atoms with Crippen LogP contribution in [0, 0.1) is 0 Å². The molecule has 0 fully saturated rings. The fourth-order valence-electron chi connectivity index (χ4n) is 8.56. The second-order valence-corrected chi connectivity index (χ2v) is 20.6. The van der Waals surface area contributed by atoms with Crippen molar-refractivity contribution in [3.05, 3.63) is 109 Å². The number of unbranched alkanes of at least 4 members (excludes halogenated alkanes) is 27. The van der Waals surface area contributed by atoms with Crippen molar-refractivity contribution in [3.8, 4) is 0 Å². The third-order valence-electron chi connectivity index (χ3n) is 13.3. The van der Waals surface area contributed by atoms with Crippen LogP contribution in [-0.4, -0.2) is 37.2 Å². The van der Waals surface area contributed by atoms with Gasteiger partial charge in [-0.1, -0.05) is 278 Å². The minimum atomic E-state index is -0.800. The molecule has 0 rings (SSSR count). The highest BCUT2D eigenvalue weighted by molar-refractivity contribution is 5.71. The van der Waals surface area contributed by atoms with Crippen LogP contribution in [-0.2, 0) is 28.6 Å². The van der Waals surface area contributed by atoms with Gasteiger partial charge >= 0.3 is 17.9 Å². The number of rotatable bonds is 56. The van der Waals surface area contributed by atoms with Gasteiger partial charge in [-0.2, -0.15) is 0 Å². The van der Waals surface area contributed by atoms with Crippen molar-refractivity contribution in [1.29, 1.82) is 0 Å². The normalized spacial score (nSPS) is 12.8. The quantitative estimate of drug-likeness (QED) is 0.0261. The Morgan fingerprint density at radius 2 is 0.533 bits per heavy atom. The van der Waals surface area contributed by atoms with E-state index in [9.17, 15) is 14.4 Å². The minimum Gasteiger partial charge on any atom is -0.462 e. The maximum absolute atomic E-state index is 12.9. The number of esters is 3. The molecular weight excluding hydrogens is 925 g/mol. The van der Waals surface area contributed by atoms with Gasteiger partial charge in [-0.3, -0.25) is 14.4 Å². The van der Waals surface area contributed by atoms with Crippen molar-refractivity contribution in [3.63, 3.8) is 0 Å². The maximum atomic E-state index is 12.9. The van der Waals surface area contributed by atoms with Crippen molar-refractivity contribution >= 4 is 17.9 Å². The van der Waals surface area contributed by atoms with Crippen molar-refractivity contribution in [2.24, 2.45) is 0 Å². The first kappa shape index (κ1) is 71.1. The molecule has 0 spiro atoms. The summed E-state index contributed by atoms with van der Waals surface area (Å²) < 4.78 is 16.8. The van der Waals surface area contributed by atoms with Gasteiger partial charge in [0.15, 0.2) is 6.10 Å². The molecule has 0 aliphatic rings. The number of carbonyl (C=O) groups is 3. The van der Waals surface area contributed by atoms with E-state index in [2.05, 4.69) is 130 Å². The molecule has 0 bridgehead atoms. The summed E-state index contributed by atoms with van der Waals surface area (Å²) >= 11 is 0. The molecule has 0 amide bonds. The van der Waals surface area contributed by atoms with E-state index in [1.54, 1.807) is 0 Å². The summed E-state index contributed by atoms with van der Waals surface area (Å²) in [5, 5.41) is 0. The number of ether oxygens (including phenoxy) is 3. The number of carbonyl (C=O) groups excluding carboxylic acids is 3. The van der Waals surface area contributed by atoms with Crippen LogP contribution in [0.25, 0.3) is 0 Å². The molecule has 0 aromatic carbocycles. The molecule has 0 saturated carbocycles. The second-order valence-electron chi connectivity index (χ2n) is 20.6.